The number of benzene rings is 2. The summed E-state index contributed by atoms with van der Waals surface area (Å²) in [7, 11) is 0. The van der Waals surface area contributed by atoms with E-state index in [0.29, 0.717) is 23.4 Å². The number of amides is 2. The highest BCUT2D eigenvalue weighted by Gasteiger charge is 2.50. The van der Waals surface area contributed by atoms with E-state index in [0.717, 1.165) is 0 Å². The first-order valence-electron chi connectivity index (χ1n) is 9.52. The molecule has 0 bridgehead atoms. The summed E-state index contributed by atoms with van der Waals surface area (Å²) in [5, 5.41) is 0. The van der Waals surface area contributed by atoms with Crippen LogP contribution in [-0.2, 0) is 9.59 Å². The van der Waals surface area contributed by atoms with Crippen LogP contribution in [0.3, 0.4) is 0 Å². The minimum Gasteiger partial charge on any atom is -0.485 e. The maximum absolute atomic E-state index is 13.0. The van der Waals surface area contributed by atoms with Crippen molar-refractivity contribution in [3.05, 3.63) is 72.1 Å². The third-order valence-corrected chi connectivity index (χ3v) is 5.48. The van der Waals surface area contributed by atoms with Gasteiger partial charge >= 0.3 is 0 Å². The van der Waals surface area contributed by atoms with Gasteiger partial charge in [-0.2, -0.15) is 0 Å². The zero-order valence-electron chi connectivity index (χ0n) is 15.9. The van der Waals surface area contributed by atoms with Crippen LogP contribution in [0.25, 0.3) is 0 Å². The fourth-order valence-corrected chi connectivity index (χ4v) is 3.98. The van der Waals surface area contributed by atoms with Gasteiger partial charge in [0.15, 0.2) is 12.4 Å². The van der Waals surface area contributed by atoms with Crippen molar-refractivity contribution in [3.8, 4) is 5.75 Å². The van der Waals surface area contributed by atoms with Gasteiger partial charge in [0.1, 0.15) is 11.6 Å². The Hall–Kier alpha value is -3.28. The molecule has 2 aliphatic rings. The molecule has 0 saturated carbocycles. The summed E-state index contributed by atoms with van der Waals surface area (Å²) in [4.78, 5) is 39.2. The van der Waals surface area contributed by atoms with Crippen molar-refractivity contribution in [2.45, 2.75) is 13.3 Å². The highest BCUT2D eigenvalue weighted by atomic mass is 19.1. The third kappa shape index (κ3) is 3.58. The molecule has 0 aromatic heterocycles. The van der Waals surface area contributed by atoms with E-state index in [1.54, 1.807) is 24.3 Å². The van der Waals surface area contributed by atoms with Gasteiger partial charge in [-0.15, -0.1) is 0 Å². The van der Waals surface area contributed by atoms with Gasteiger partial charge in [0.25, 0.3) is 0 Å². The number of ether oxygens (including phenoxy) is 1. The van der Waals surface area contributed by atoms with Gasteiger partial charge < -0.3 is 4.74 Å². The number of hydrogen-bond acceptors (Lipinski definition) is 4. The quantitative estimate of drug-likeness (QED) is 0.441. The molecule has 2 aromatic carbocycles. The second-order valence-electron chi connectivity index (χ2n) is 7.38. The van der Waals surface area contributed by atoms with E-state index in [4.69, 9.17) is 4.74 Å². The van der Waals surface area contributed by atoms with Crippen molar-refractivity contribution in [2.75, 3.05) is 11.5 Å². The van der Waals surface area contributed by atoms with E-state index >= 15 is 0 Å². The largest absolute Gasteiger partial charge is 0.485 e. The van der Waals surface area contributed by atoms with E-state index in [1.807, 2.05) is 19.1 Å². The highest BCUT2D eigenvalue weighted by molar-refractivity contribution is 6.22. The first-order valence-corrected chi connectivity index (χ1v) is 9.52. The van der Waals surface area contributed by atoms with Crippen LogP contribution in [0.1, 0.15) is 23.7 Å². The Morgan fingerprint density at radius 3 is 2.62 bits per heavy atom. The second-order valence-corrected chi connectivity index (χ2v) is 7.38. The average molecular weight is 393 g/mol. The highest BCUT2D eigenvalue weighted by Crippen LogP contribution is 2.40. The normalized spacial score (nSPS) is 23.2. The van der Waals surface area contributed by atoms with Gasteiger partial charge in [-0.05, 0) is 48.7 Å². The van der Waals surface area contributed by atoms with Crippen molar-refractivity contribution >= 4 is 23.3 Å². The number of halogens is 1. The number of nitrogens with zero attached hydrogens (tertiary/aromatic N) is 1. The van der Waals surface area contributed by atoms with E-state index in [2.05, 4.69) is 0 Å². The standard InChI is InChI=1S/C23H20FNO4/c1-14-4-2-7-19-21(14)23(28)25(22(19)27)17-5-3-6-18(12-17)29-13-20(26)15-8-10-16(24)11-9-15/h2-6,8-12,14,19,21H,7,13H2,1H3/t14-,19-,21-/m1/s1. The molecular weight excluding hydrogens is 373 g/mol. The molecule has 5 nitrogen and oxygen atoms in total. The van der Waals surface area contributed by atoms with Gasteiger partial charge in [-0.3, -0.25) is 14.4 Å². The first kappa shape index (κ1) is 19.1. The Balaban J connectivity index is 1.49. The number of carbonyl (C=O) groups excluding carboxylic acids is 3. The van der Waals surface area contributed by atoms with E-state index in [-0.39, 0.29) is 42.0 Å². The van der Waals surface area contributed by atoms with Crippen LogP contribution in [-0.4, -0.2) is 24.2 Å². The zero-order chi connectivity index (χ0) is 20.5. The third-order valence-electron chi connectivity index (χ3n) is 5.48. The predicted molar refractivity (Wildman–Crippen MR) is 105 cm³/mol. The van der Waals surface area contributed by atoms with Gasteiger partial charge in [-0.1, -0.05) is 25.1 Å². The van der Waals surface area contributed by atoms with Crippen LogP contribution < -0.4 is 9.64 Å². The summed E-state index contributed by atoms with van der Waals surface area (Å²) in [5.74, 6) is -1.38. The molecule has 3 atom stereocenters. The minimum absolute atomic E-state index is 0.0166. The number of ketones is 1. The molecule has 4 rings (SSSR count). The fourth-order valence-electron chi connectivity index (χ4n) is 3.98. The molecule has 0 N–H and O–H groups in total. The summed E-state index contributed by atoms with van der Waals surface area (Å²) in [6, 6.07) is 11.8. The Bertz CT molecular complexity index is 998. The summed E-state index contributed by atoms with van der Waals surface area (Å²) in [6.45, 7) is 1.71. The molecule has 1 fully saturated rings. The summed E-state index contributed by atoms with van der Waals surface area (Å²) >= 11 is 0. The SMILES string of the molecule is C[C@@H]1C=CC[C@H]2C(=O)N(c3cccc(OCC(=O)c4ccc(F)cc4)c3)C(=O)[C@H]12. The van der Waals surface area contributed by atoms with Gasteiger partial charge in [0, 0.05) is 11.6 Å². The molecule has 148 valence electrons. The first-order chi connectivity index (χ1) is 14.0. The van der Waals surface area contributed by atoms with Crippen molar-refractivity contribution < 1.29 is 23.5 Å². The van der Waals surface area contributed by atoms with Crippen molar-refractivity contribution in [3.63, 3.8) is 0 Å². The maximum Gasteiger partial charge on any atom is 0.238 e. The molecule has 1 saturated heterocycles. The number of allylic oxidation sites excluding steroid dienone is 2. The molecule has 1 aliphatic heterocycles. The molecule has 2 amide bonds. The lowest BCUT2D eigenvalue weighted by molar-refractivity contribution is -0.122. The van der Waals surface area contributed by atoms with Crippen LogP contribution >= 0.6 is 0 Å². The zero-order valence-corrected chi connectivity index (χ0v) is 15.9. The number of Topliss-reactive ketones (excluding diaryl/α,β-unsaturated/α-hetero) is 1. The Morgan fingerprint density at radius 1 is 1.14 bits per heavy atom. The van der Waals surface area contributed by atoms with Crippen molar-refractivity contribution in [1.29, 1.82) is 0 Å². The monoisotopic (exact) mass is 393 g/mol. The summed E-state index contributed by atoms with van der Waals surface area (Å²) in [6.07, 6.45) is 4.51. The number of rotatable bonds is 5. The van der Waals surface area contributed by atoms with Gasteiger partial charge in [-0.25, -0.2) is 9.29 Å². The van der Waals surface area contributed by atoms with E-state index in [9.17, 15) is 18.8 Å². The number of carbonyl (C=O) groups is 3. The number of imide groups is 1. The van der Waals surface area contributed by atoms with Gasteiger partial charge in [0.05, 0.1) is 17.5 Å². The Morgan fingerprint density at radius 2 is 1.90 bits per heavy atom. The lowest BCUT2D eigenvalue weighted by Crippen LogP contribution is -2.31. The summed E-state index contributed by atoms with van der Waals surface area (Å²) in [5.41, 5.74) is 0.784. The molecule has 6 heteroatoms. The fraction of sp³-hybridized carbons (Fsp3) is 0.261. The molecule has 29 heavy (non-hydrogen) atoms. The molecular formula is C23H20FNO4. The predicted octanol–water partition coefficient (Wildman–Crippen LogP) is 3.79. The van der Waals surface area contributed by atoms with Crippen LogP contribution in [0, 0.1) is 23.6 Å². The maximum atomic E-state index is 13.0. The molecule has 0 unspecified atom stereocenters. The average Bonchev–Trinajstić information content (AvgIpc) is 2.98. The van der Waals surface area contributed by atoms with Crippen LogP contribution in [0.4, 0.5) is 10.1 Å². The van der Waals surface area contributed by atoms with E-state index in [1.165, 1.54) is 29.2 Å². The topological polar surface area (TPSA) is 63.7 Å². The second kappa shape index (κ2) is 7.62. The van der Waals surface area contributed by atoms with Crippen molar-refractivity contribution in [2.24, 2.45) is 17.8 Å². The minimum atomic E-state index is -0.416. The van der Waals surface area contributed by atoms with Crippen LogP contribution in [0.5, 0.6) is 5.75 Å². The Kier molecular flexibility index (Phi) is 5.01. The lowest BCUT2D eigenvalue weighted by atomic mass is 9.78. The van der Waals surface area contributed by atoms with E-state index < -0.39 is 5.82 Å². The molecule has 0 spiro atoms. The van der Waals surface area contributed by atoms with Crippen molar-refractivity contribution in [1.82, 2.24) is 0 Å². The molecule has 2 aromatic rings. The molecule has 0 radical (unpaired) electrons. The smallest absolute Gasteiger partial charge is 0.238 e. The number of hydrogen-bond donors (Lipinski definition) is 0. The summed E-state index contributed by atoms with van der Waals surface area (Å²) < 4.78 is 18.5. The lowest BCUT2D eigenvalue weighted by Gasteiger charge is -2.22. The van der Waals surface area contributed by atoms with Gasteiger partial charge in [0.2, 0.25) is 11.8 Å². The number of anilines is 1. The Labute approximate surface area is 167 Å². The molecule has 1 aliphatic carbocycles. The van der Waals surface area contributed by atoms with Crippen LogP contribution in [0.15, 0.2) is 60.7 Å². The van der Waals surface area contributed by atoms with Crippen LogP contribution in [0.2, 0.25) is 0 Å². The number of fused-ring (bicyclic) bond motifs is 1. The molecule has 1 heterocycles.